The number of amides is 1. The number of hydrogen-bond donors (Lipinski definition) is 2. The number of benzene rings is 2. The van der Waals surface area contributed by atoms with Crippen LogP contribution in [0, 0.1) is 5.92 Å². The summed E-state index contributed by atoms with van der Waals surface area (Å²) in [7, 11) is 1.53. The van der Waals surface area contributed by atoms with E-state index in [9.17, 15) is 14.7 Å². The molecule has 1 amide bonds. The third-order valence-corrected chi connectivity index (χ3v) is 8.10. The van der Waals surface area contributed by atoms with Crippen LogP contribution in [0.4, 0.5) is 0 Å². The summed E-state index contributed by atoms with van der Waals surface area (Å²) in [5.41, 5.74) is 0.468. The molecule has 1 spiro atoms. The Morgan fingerprint density at radius 1 is 1.22 bits per heavy atom. The number of halogens is 2. The molecule has 0 bridgehead atoms. The molecule has 37 heavy (non-hydrogen) atoms. The third kappa shape index (κ3) is 5.69. The van der Waals surface area contributed by atoms with Crippen LogP contribution in [-0.2, 0) is 16.6 Å². The monoisotopic (exact) mass is 548 g/mol. The minimum atomic E-state index is -1.24. The average Bonchev–Trinajstić information content (AvgIpc) is 3.20. The molecule has 0 saturated carbocycles. The second-order valence-electron chi connectivity index (χ2n) is 10.7. The fourth-order valence-electron chi connectivity index (χ4n) is 5.15. The van der Waals surface area contributed by atoms with E-state index in [1.165, 1.54) is 12.6 Å². The molecule has 2 N–H and O–H groups in total. The number of fused-ring (bicyclic) bond motifs is 1. The first-order valence-electron chi connectivity index (χ1n) is 12.6. The van der Waals surface area contributed by atoms with Gasteiger partial charge in [0.15, 0.2) is 5.75 Å². The van der Waals surface area contributed by atoms with Gasteiger partial charge in [-0.05, 0) is 49.2 Å². The van der Waals surface area contributed by atoms with E-state index < -0.39 is 11.4 Å². The minimum absolute atomic E-state index is 0.152. The van der Waals surface area contributed by atoms with E-state index in [4.69, 9.17) is 32.7 Å². The van der Waals surface area contributed by atoms with E-state index in [0.29, 0.717) is 12.2 Å². The van der Waals surface area contributed by atoms with Crippen LogP contribution in [0.3, 0.4) is 0 Å². The number of ether oxygens (including phenoxy) is 2. The Morgan fingerprint density at radius 2 is 1.92 bits per heavy atom. The van der Waals surface area contributed by atoms with Crippen molar-refractivity contribution in [2.75, 3.05) is 33.3 Å². The molecule has 0 aliphatic carbocycles. The molecule has 200 valence electrons. The highest BCUT2D eigenvalue weighted by Gasteiger charge is 2.42. The van der Waals surface area contributed by atoms with Crippen LogP contribution < -0.4 is 14.8 Å². The van der Waals surface area contributed by atoms with Crippen molar-refractivity contribution < 1.29 is 24.2 Å². The van der Waals surface area contributed by atoms with E-state index in [-0.39, 0.29) is 33.8 Å². The number of carboxylic acid groups (broad SMARTS) is 1. The highest BCUT2D eigenvalue weighted by Crippen LogP contribution is 2.42. The maximum atomic E-state index is 12.5. The molecule has 4 rings (SSSR count). The van der Waals surface area contributed by atoms with Crippen LogP contribution in [0.5, 0.6) is 11.5 Å². The number of likely N-dealkylation sites (tertiary alicyclic amines) is 1. The van der Waals surface area contributed by atoms with Crippen molar-refractivity contribution in [3.63, 3.8) is 0 Å². The van der Waals surface area contributed by atoms with Gasteiger partial charge in [-0.25, -0.2) is 0 Å². The Kier molecular flexibility index (Phi) is 7.98. The van der Waals surface area contributed by atoms with Crippen LogP contribution in [0.25, 0.3) is 0 Å². The van der Waals surface area contributed by atoms with E-state index in [1.54, 1.807) is 26.0 Å². The number of piperidine rings is 1. The van der Waals surface area contributed by atoms with Crippen LogP contribution >= 0.6 is 23.2 Å². The Bertz CT molecular complexity index is 1190. The van der Waals surface area contributed by atoms with Gasteiger partial charge in [-0.15, -0.1) is 0 Å². The molecule has 2 aromatic rings. The lowest BCUT2D eigenvalue weighted by molar-refractivity contribution is -0.142. The molecular weight excluding hydrogens is 515 g/mol. The maximum Gasteiger partial charge on any atom is 0.313 e. The highest BCUT2D eigenvalue weighted by atomic mass is 35.5. The van der Waals surface area contributed by atoms with Crippen molar-refractivity contribution in [1.82, 2.24) is 10.2 Å². The lowest BCUT2D eigenvalue weighted by Gasteiger charge is -2.39. The first-order valence-corrected chi connectivity index (χ1v) is 13.3. The molecular formula is C28H34Cl2N2O5. The summed E-state index contributed by atoms with van der Waals surface area (Å²) in [5, 5.41) is 13.2. The molecule has 2 aromatic carbocycles. The Morgan fingerprint density at radius 3 is 2.57 bits per heavy atom. The van der Waals surface area contributed by atoms with Gasteiger partial charge in [0.05, 0.1) is 22.6 Å². The van der Waals surface area contributed by atoms with Gasteiger partial charge in [0, 0.05) is 56.9 Å². The normalized spacial score (nSPS) is 17.7. The summed E-state index contributed by atoms with van der Waals surface area (Å²) in [5.74, 6) is -0.0461. The third-order valence-electron chi connectivity index (χ3n) is 7.49. The van der Waals surface area contributed by atoms with Gasteiger partial charge in [0.1, 0.15) is 11.4 Å². The van der Waals surface area contributed by atoms with Crippen molar-refractivity contribution in [2.45, 2.75) is 51.0 Å². The lowest BCUT2D eigenvalue weighted by Crippen LogP contribution is -2.48. The number of aliphatic carboxylic acids is 1. The first kappa shape index (κ1) is 27.6. The van der Waals surface area contributed by atoms with E-state index in [2.05, 4.69) is 17.1 Å². The summed E-state index contributed by atoms with van der Waals surface area (Å²) in [6.07, 6.45) is 2.76. The number of nitrogens with one attached hydrogen (secondary N) is 1. The van der Waals surface area contributed by atoms with Gasteiger partial charge in [-0.1, -0.05) is 36.2 Å². The average molecular weight is 549 g/mol. The number of carbonyl (C=O) groups is 2. The van der Waals surface area contributed by atoms with E-state index >= 15 is 0 Å². The van der Waals surface area contributed by atoms with Gasteiger partial charge in [0.25, 0.3) is 5.91 Å². The van der Waals surface area contributed by atoms with Crippen LogP contribution in [0.2, 0.25) is 10.0 Å². The zero-order valence-corrected chi connectivity index (χ0v) is 23.2. The molecule has 7 nitrogen and oxygen atoms in total. The first-order chi connectivity index (χ1) is 17.5. The fourth-order valence-corrected chi connectivity index (χ4v) is 5.80. The molecule has 1 atom stereocenters. The standard InChI is InChI=1S/C28H34Cl2N2O5/c1-17(15-32-11-9-28(10-12-32)14-18-13-19(29)5-8-22(18)37-28)16-36-24-20(25(33)31-4)6-7-21(23(24)30)27(2,3)26(34)35/h5-8,13,17H,9-12,14-16H2,1-4H3,(H,31,33)(H,34,35)/t17-/m0/s1. The van der Waals surface area contributed by atoms with Crippen LogP contribution in [0.1, 0.15) is 55.1 Å². The Labute approximate surface area is 228 Å². The van der Waals surface area contributed by atoms with Gasteiger partial charge in [-0.3, -0.25) is 9.59 Å². The summed E-state index contributed by atoms with van der Waals surface area (Å²) < 4.78 is 12.5. The van der Waals surface area contributed by atoms with Crippen LogP contribution in [0.15, 0.2) is 30.3 Å². The lowest BCUT2D eigenvalue weighted by atomic mass is 9.84. The van der Waals surface area contributed by atoms with Crippen molar-refractivity contribution in [3.05, 3.63) is 57.1 Å². The summed E-state index contributed by atoms with van der Waals surface area (Å²) in [4.78, 5) is 26.7. The SMILES string of the molecule is CNC(=O)c1ccc(C(C)(C)C(=O)O)c(Cl)c1OC[C@@H](C)CN1CCC2(CC1)Cc1cc(Cl)ccc1O2. The van der Waals surface area contributed by atoms with Gasteiger partial charge < -0.3 is 24.8 Å². The van der Waals surface area contributed by atoms with Crippen molar-refractivity contribution in [1.29, 1.82) is 0 Å². The summed E-state index contributed by atoms with van der Waals surface area (Å²) in [6.45, 7) is 8.23. The zero-order valence-electron chi connectivity index (χ0n) is 21.7. The van der Waals surface area contributed by atoms with Gasteiger partial charge >= 0.3 is 5.97 Å². The zero-order chi connectivity index (χ0) is 27.0. The molecule has 1 saturated heterocycles. The number of carboxylic acids is 1. The van der Waals surface area contributed by atoms with E-state index in [1.807, 2.05) is 18.2 Å². The van der Waals surface area contributed by atoms with Crippen molar-refractivity contribution in [2.24, 2.45) is 5.92 Å². The van der Waals surface area contributed by atoms with Gasteiger partial charge in [-0.2, -0.15) is 0 Å². The largest absolute Gasteiger partial charge is 0.491 e. The molecule has 2 aliphatic heterocycles. The molecule has 9 heteroatoms. The second-order valence-corrected chi connectivity index (χ2v) is 11.6. The molecule has 2 aliphatic rings. The molecule has 0 aromatic heterocycles. The quantitative estimate of drug-likeness (QED) is 0.471. The predicted molar refractivity (Wildman–Crippen MR) is 144 cm³/mol. The summed E-state index contributed by atoms with van der Waals surface area (Å²) >= 11 is 12.8. The summed E-state index contributed by atoms with van der Waals surface area (Å²) in [6, 6.07) is 8.99. The Hall–Kier alpha value is -2.48. The van der Waals surface area contributed by atoms with Gasteiger partial charge in [0.2, 0.25) is 0 Å². The van der Waals surface area contributed by atoms with Crippen molar-refractivity contribution in [3.8, 4) is 11.5 Å². The van der Waals surface area contributed by atoms with Crippen molar-refractivity contribution >= 4 is 35.1 Å². The number of hydrogen-bond acceptors (Lipinski definition) is 5. The molecule has 2 heterocycles. The molecule has 1 fully saturated rings. The highest BCUT2D eigenvalue weighted by molar-refractivity contribution is 6.34. The topological polar surface area (TPSA) is 88.1 Å². The Balaban J connectivity index is 1.38. The van der Waals surface area contributed by atoms with Crippen LogP contribution in [-0.4, -0.2) is 60.8 Å². The number of nitrogens with zero attached hydrogens (tertiary/aromatic N) is 1. The predicted octanol–water partition coefficient (Wildman–Crippen LogP) is 5.20. The smallest absolute Gasteiger partial charge is 0.313 e. The fraction of sp³-hybridized carbons (Fsp3) is 0.500. The molecule has 0 radical (unpaired) electrons. The second kappa shape index (κ2) is 10.7. The number of rotatable bonds is 8. The maximum absolute atomic E-state index is 12.5. The van der Waals surface area contributed by atoms with E-state index in [0.717, 1.165) is 49.7 Å². The molecule has 0 unspecified atom stereocenters. The minimum Gasteiger partial charge on any atom is -0.491 e. The number of carbonyl (C=O) groups excluding carboxylic acids is 1.